The van der Waals surface area contributed by atoms with E-state index >= 15 is 0 Å². The number of rotatable bonds is 6. The van der Waals surface area contributed by atoms with E-state index in [4.69, 9.17) is 0 Å². The molecular formula is C21H17N3O3S. The third-order valence-electron chi connectivity index (χ3n) is 3.61. The summed E-state index contributed by atoms with van der Waals surface area (Å²) in [5, 5.41) is 4.37. The van der Waals surface area contributed by atoms with E-state index in [0.29, 0.717) is 11.3 Å². The van der Waals surface area contributed by atoms with Crippen LogP contribution in [0.25, 0.3) is 6.08 Å². The smallest absolute Gasteiger partial charge is 0.337 e. The standard InChI is InChI=1S/C21H17N3O3S/c1-27-21(26)16-8-5-15(6-9-16)7-10-18(25)24-17-11-13-23-20(14-17)28-19-4-2-3-12-22-19/h2-14H,1H3,(H,23,24,25). The van der Waals surface area contributed by atoms with E-state index in [2.05, 4.69) is 20.0 Å². The average molecular weight is 391 g/mol. The summed E-state index contributed by atoms with van der Waals surface area (Å²) < 4.78 is 4.66. The van der Waals surface area contributed by atoms with Gasteiger partial charge in [0.05, 0.1) is 12.7 Å². The number of carbonyl (C=O) groups excluding carboxylic acids is 2. The second-order valence-electron chi connectivity index (χ2n) is 5.59. The molecule has 0 bridgehead atoms. The van der Waals surface area contributed by atoms with Crippen molar-refractivity contribution in [3.05, 3.63) is 84.2 Å². The number of pyridine rings is 2. The Labute approximate surface area is 166 Å². The van der Waals surface area contributed by atoms with Crippen LogP contribution in [0, 0.1) is 0 Å². The van der Waals surface area contributed by atoms with Gasteiger partial charge < -0.3 is 10.1 Å². The summed E-state index contributed by atoms with van der Waals surface area (Å²) in [7, 11) is 1.33. The Hall–Kier alpha value is -3.45. The molecule has 0 unspecified atom stereocenters. The lowest BCUT2D eigenvalue weighted by Gasteiger charge is -2.04. The number of nitrogens with one attached hydrogen (secondary N) is 1. The van der Waals surface area contributed by atoms with Crippen molar-refractivity contribution >= 4 is 35.4 Å². The molecule has 0 aliphatic rings. The number of nitrogens with zero attached hydrogens (tertiary/aromatic N) is 2. The van der Waals surface area contributed by atoms with E-state index in [9.17, 15) is 9.59 Å². The van der Waals surface area contributed by atoms with Gasteiger partial charge in [-0.2, -0.15) is 0 Å². The number of aromatic nitrogens is 2. The molecule has 0 radical (unpaired) electrons. The van der Waals surface area contributed by atoms with Crippen LogP contribution in [0.2, 0.25) is 0 Å². The van der Waals surface area contributed by atoms with Crippen LogP contribution in [-0.4, -0.2) is 29.0 Å². The van der Waals surface area contributed by atoms with Crippen LogP contribution in [0.15, 0.2) is 83.1 Å². The summed E-state index contributed by atoms with van der Waals surface area (Å²) in [6, 6.07) is 15.9. The first-order valence-electron chi connectivity index (χ1n) is 8.36. The number of amides is 1. The van der Waals surface area contributed by atoms with Crippen molar-refractivity contribution in [3.63, 3.8) is 0 Å². The molecule has 0 spiro atoms. The van der Waals surface area contributed by atoms with Crippen LogP contribution in [0.5, 0.6) is 0 Å². The van der Waals surface area contributed by atoms with E-state index < -0.39 is 5.97 Å². The highest BCUT2D eigenvalue weighted by atomic mass is 32.2. The first-order chi connectivity index (χ1) is 13.6. The fourth-order valence-corrected chi connectivity index (χ4v) is 3.04. The van der Waals surface area contributed by atoms with Crippen molar-refractivity contribution in [3.8, 4) is 0 Å². The Morgan fingerprint density at radius 1 is 1.00 bits per heavy atom. The molecular weight excluding hydrogens is 374 g/mol. The van der Waals surface area contributed by atoms with Crippen molar-refractivity contribution in [2.75, 3.05) is 12.4 Å². The normalized spacial score (nSPS) is 10.6. The fourth-order valence-electron chi connectivity index (χ4n) is 2.26. The van der Waals surface area contributed by atoms with Crippen LogP contribution < -0.4 is 5.32 Å². The topological polar surface area (TPSA) is 81.2 Å². The quantitative estimate of drug-likeness (QED) is 0.504. The molecule has 0 fully saturated rings. The second-order valence-corrected chi connectivity index (χ2v) is 6.63. The number of esters is 1. The molecule has 28 heavy (non-hydrogen) atoms. The first kappa shape index (κ1) is 19.3. The number of hydrogen-bond donors (Lipinski definition) is 1. The lowest BCUT2D eigenvalue weighted by atomic mass is 10.1. The lowest BCUT2D eigenvalue weighted by molar-refractivity contribution is -0.111. The monoisotopic (exact) mass is 391 g/mol. The number of methoxy groups -OCH3 is 1. The largest absolute Gasteiger partial charge is 0.465 e. The van der Waals surface area contributed by atoms with Crippen LogP contribution in [-0.2, 0) is 9.53 Å². The minimum absolute atomic E-state index is 0.267. The molecule has 2 heterocycles. The molecule has 140 valence electrons. The highest BCUT2D eigenvalue weighted by Crippen LogP contribution is 2.25. The zero-order chi connectivity index (χ0) is 19.8. The first-order valence-corrected chi connectivity index (χ1v) is 9.18. The average Bonchev–Trinajstić information content (AvgIpc) is 2.73. The minimum Gasteiger partial charge on any atom is -0.465 e. The van der Waals surface area contributed by atoms with Gasteiger partial charge in [0.1, 0.15) is 10.1 Å². The van der Waals surface area contributed by atoms with Crippen LogP contribution in [0.1, 0.15) is 15.9 Å². The third-order valence-corrected chi connectivity index (χ3v) is 4.49. The number of hydrogen-bond acceptors (Lipinski definition) is 6. The van der Waals surface area contributed by atoms with Gasteiger partial charge in [0, 0.05) is 24.2 Å². The fraction of sp³-hybridized carbons (Fsp3) is 0.0476. The molecule has 3 aromatic rings. The summed E-state index contributed by atoms with van der Waals surface area (Å²) in [6.45, 7) is 0. The minimum atomic E-state index is -0.398. The number of ether oxygens (including phenoxy) is 1. The molecule has 1 amide bonds. The van der Waals surface area contributed by atoms with Crippen LogP contribution in [0.4, 0.5) is 5.69 Å². The summed E-state index contributed by atoms with van der Waals surface area (Å²) in [5.74, 6) is -0.664. The van der Waals surface area contributed by atoms with Gasteiger partial charge in [-0.3, -0.25) is 4.79 Å². The van der Waals surface area contributed by atoms with E-state index in [1.54, 1.807) is 54.9 Å². The molecule has 1 N–H and O–H groups in total. The van der Waals surface area contributed by atoms with Gasteiger partial charge in [0.15, 0.2) is 0 Å². The summed E-state index contributed by atoms with van der Waals surface area (Å²) in [4.78, 5) is 32.1. The predicted molar refractivity (Wildman–Crippen MR) is 108 cm³/mol. The van der Waals surface area contributed by atoms with E-state index in [1.165, 1.54) is 24.9 Å². The van der Waals surface area contributed by atoms with Crippen molar-refractivity contribution in [2.24, 2.45) is 0 Å². The Kier molecular flexibility index (Phi) is 6.54. The van der Waals surface area contributed by atoms with Gasteiger partial charge in [-0.15, -0.1) is 0 Å². The van der Waals surface area contributed by atoms with Gasteiger partial charge in [-0.1, -0.05) is 30.0 Å². The van der Waals surface area contributed by atoms with E-state index in [0.717, 1.165) is 15.6 Å². The number of anilines is 1. The van der Waals surface area contributed by atoms with Gasteiger partial charge in [-0.25, -0.2) is 14.8 Å². The van der Waals surface area contributed by atoms with Gasteiger partial charge in [0.25, 0.3) is 0 Å². The zero-order valence-corrected chi connectivity index (χ0v) is 15.8. The SMILES string of the molecule is COC(=O)c1ccc(C=CC(=O)Nc2ccnc(Sc3ccccn3)c2)cc1. The molecule has 1 aromatic carbocycles. The van der Waals surface area contributed by atoms with Crippen molar-refractivity contribution in [1.82, 2.24) is 9.97 Å². The highest BCUT2D eigenvalue weighted by Gasteiger charge is 2.05. The van der Waals surface area contributed by atoms with Crippen molar-refractivity contribution in [2.45, 2.75) is 10.1 Å². The number of carbonyl (C=O) groups is 2. The van der Waals surface area contributed by atoms with Crippen LogP contribution in [0.3, 0.4) is 0 Å². The molecule has 7 heteroatoms. The highest BCUT2D eigenvalue weighted by molar-refractivity contribution is 7.99. The molecule has 0 saturated heterocycles. The molecule has 0 saturated carbocycles. The Morgan fingerprint density at radius 3 is 2.50 bits per heavy atom. The summed E-state index contributed by atoms with van der Waals surface area (Å²) in [6.07, 6.45) is 6.45. The Balaban J connectivity index is 1.60. The maximum atomic E-state index is 12.2. The summed E-state index contributed by atoms with van der Waals surface area (Å²) >= 11 is 1.42. The van der Waals surface area contributed by atoms with Crippen LogP contribution >= 0.6 is 11.8 Å². The summed E-state index contributed by atoms with van der Waals surface area (Å²) in [5.41, 5.74) is 1.90. The van der Waals surface area contributed by atoms with E-state index in [1.807, 2.05) is 18.2 Å². The molecule has 6 nitrogen and oxygen atoms in total. The lowest BCUT2D eigenvalue weighted by Crippen LogP contribution is -2.07. The predicted octanol–water partition coefficient (Wildman–Crippen LogP) is 4.07. The van der Waals surface area contributed by atoms with Gasteiger partial charge >= 0.3 is 5.97 Å². The maximum absolute atomic E-state index is 12.2. The number of benzene rings is 1. The van der Waals surface area contributed by atoms with Gasteiger partial charge in [0.2, 0.25) is 5.91 Å². The molecule has 0 aliphatic heterocycles. The maximum Gasteiger partial charge on any atom is 0.337 e. The van der Waals surface area contributed by atoms with Crippen molar-refractivity contribution < 1.29 is 14.3 Å². The Morgan fingerprint density at radius 2 is 1.79 bits per heavy atom. The third kappa shape index (κ3) is 5.52. The molecule has 3 rings (SSSR count). The van der Waals surface area contributed by atoms with Crippen molar-refractivity contribution in [1.29, 1.82) is 0 Å². The van der Waals surface area contributed by atoms with E-state index in [-0.39, 0.29) is 5.91 Å². The molecule has 0 aliphatic carbocycles. The molecule has 2 aromatic heterocycles. The second kappa shape index (κ2) is 9.48. The molecule has 0 atom stereocenters. The zero-order valence-electron chi connectivity index (χ0n) is 15.0. The van der Waals surface area contributed by atoms with Gasteiger partial charge in [-0.05, 0) is 48.0 Å². The Bertz CT molecular complexity index is 989.